The first-order chi connectivity index (χ1) is 10.0. The fraction of sp³-hybridized carbons (Fsp3) is 0.471. The van der Waals surface area contributed by atoms with E-state index in [9.17, 15) is 0 Å². The molecule has 1 aromatic carbocycles. The predicted molar refractivity (Wildman–Crippen MR) is 88.9 cm³/mol. The molecule has 3 nitrogen and oxygen atoms in total. The highest BCUT2D eigenvalue weighted by molar-refractivity contribution is 6.31. The SMILES string of the molecule is CCCNC(Cc1ccc(C)cc1Cl)c1cnn(C)c1C. The van der Waals surface area contributed by atoms with Crippen LogP contribution < -0.4 is 5.32 Å². The van der Waals surface area contributed by atoms with Crippen LogP contribution in [0.4, 0.5) is 0 Å². The molecule has 0 radical (unpaired) electrons. The van der Waals surface area contributed by atoms with Crippen molar-refractivity contribution in [2.75, 3.05) is 6.54 Å². The smallest absolute Gasteiger partial charge is 0.0540 e. The summed E-state index contributed by atoms with van der Waals surface area (Å²) in [5.41, 5.74) is 4.83. The van der Waals surface area contributed by atoms with E-state index in [2.05, 4.69) is 43.3 Å². The maximum absolute atomic E-state index is 6.39. The monoisotopic (exact) mass is 305 g/mol. The van der Waals surface area contributed by atoms with Gasteiger partial charge < -0.3 is 5.32 Å². The Kier molecular flexibility index (Phi) is 5.43. The first-order valence-electron chi connectivity index (χ1n) is 7.49. The largest absolute Gasteiger partial charge is 0.310 e. The van der Waals surface area contributed by atoms with Gasteiger partial charge in [0.25, 0.3) is 0 Å². The van der Waals surface area contributed by atoms with Crippen LogP contribution in [-0.2, 0) is 13.5 Å². The molecule has 0 aliphatic heterocycles. The molecule has 1 N–H and O–H groups in total. The number of aromatic nitrogens is 2. The summed E-state index contributed by atoms with van der Waals surface area (Å²) in [6.45, 7) is 7.34. The molecule has 114 valence electrons. The van der Waals surface area contributed by atoms with Crippen LogP contribution in [0, 0.1) is 13.8 Å². The number of nitrogens with one attached hydrogen (secondary N) is 1. The molecular formula is C17H24ClN3. The third kappa shape index (κ3) is 3.86. The van der Waals surface area contributed by atoms with Crippen LogP contribution in [0.2, 0.25) is 5.02 Å². The van der Waals surface area contributed by atoms with Gasteiger partial charge in [0.2, 0.25) is 0 Å². The molecule has 1 unspecified atom stereocenters. The molecule has 0 saturated carbocycles. The number of hydrogen-bond donors (Lipinski definition) is 1. The third-order valence-corrected chi connectivity index (χ3v) is 4.27. The van der Waals surface area contributed by atoms with Crippen molar-refractivity contribution in [1.29, 1.82) is 0 Å². The van der Waals surface area contributed by atoms with Crippen molar-refractivity contribution in [3.8, 4) is 0 Å². The van der Waals surface area contributed by atoms with Gasteiger partial charge in [-0.3, -0.25) is 4.68 Å². The van der Waals surface area contributed by atoms with E-state index in [0.29, 0.717) is 0 Å². The third-order valence-electron chi connectivity index (χ3n) is 3.92. The van der Waals surface area contributed by atoms with E-state index in [1.54, 1.807) is 0 Å². The van der Waals surface area contributed by atoms with E-state index in [-0.39, 0.29) is 6.04 Å². The van der Waals surface area contributed by atoms with Crippen molar-refractivity contribution in [1.82, 2.24) is 15.1 Å². The Hall–Kier alpha value is -1.32. The average Bonchev–Trinajstić information content (AvgIpc) is 2.77. The van der Waals surface area contributed by atoms with Crippen molar-refractivity contribution < 1.29 is 0 Å². The van der Waals surface area contributed by atoms with Crippen LogP contribution in [0.15, 0.2) is 24.4 Å². The van der Waals surface area contributed by atoms with Gasteiger partial charge in [0.05, 0.1) is 6.20 Å². The van der Waals surface area contributed by atoms with E-state index < -0.39 is 0 Å². The summed E-state index contributed by atoms with van der Waals surface area (Å²) in [7, 11) is 1.98. The van der Waals surface area contributed by atoms with Crippen LogP contribution in [0.3, 0.4) is 0 Å². The number of benzene rings is 1. The van der Waals surface area contributed by atoms with Gasteiger partial charge in [0.1, 0.15) is 0 Å². The maximum atomic E-state index is 6.39. The van der Waals surface area contributed by atoms with Gasteiger partial charge in [0, 0.05) is 29.4 Å². The number of halogens is 1. The van der Waals surface area contributed by atoms with Gasteiger partial charge in [-0.1, -0.05) is 30.7 Å². The Morgan fingerprint density at radius 2 is 2.10 bits per heavy atom. The standard InChI is InChI=1S/C17H24ClN3/c1-5-8-19-17(15-11-20-21(4)13(15)3)10-14-7-6-12(2)9-16(14)18/h6-7,9,11,17,19H,5,8,10H2,1-4H3. The minimum atomic E-state index is 0.249. The highest BCUT2D eigenvalue weighted by Crippen LogP contribution is 2.26. The van der Waals surface area contributed by atoms with Crippen molar-refractivity contribution in [3.63, 3.8) is 0 Å². The average molecular weight is 306 g/mol. The second-order valence-corrected chi connectivity index (χ2v) is 6.02. The molecule has 1 atom stereocenters. The lowest BCUT2D eigenvalue weighted by molar-refractivity contribution is 0.526. The molecular weight excluding hydrogens is 282 g/mol. The summed E-state index contributed by atoms with van der Waals surface area (Å²) in [4.78, 5) is 0. The molecule has 1 aromatic heterocycles. The summed E-state index contributed by atoms with van der Waals surface area (Å²) in [6.07, 6.45) is 3.95. The summed E-state index contributed by atoms with van der Waals surface area (Å²) in [5, 5.41) is 8.83. The molecule has 1 heterocycles. The zero-order chi connectivity index (χ0) is 15.4. The Bertz CT molecular complexity index is 604. The van der Waals surface area contributed by atoms with Gasteiger partial charge >= 0.3 is 0 Å². The van der Waals surface area contributed by atoms with Crippen molar-refractivity contribution >= 4 is 11.6 Å². The Labute approximate surface area is 132 Å². The second kappa shape index (κ2) is 7.10. The zero-order valence-corrected chi connectivity index (χ0v) is 14.0. The first-order valence-corrected chi connectivity index (χ1v) is 7.87. The fourth-order valence-electron chi connectivity index (χ4n) is 2.51. The molecule has 4 heteroatoms. The predicted octanol–water partition coefficient (Wildman–Crippen LogP) is 3.97. The topological polar surface area (TPSA) is 29.9 Å². The number of nitrogens with zero attached hydrogens (tertiary/aromatic N) is 2. The van der Waals surface area contributed by atoms with E-state index in [1.165, 1.54) is 22.4 Å². The quantitative estimate of drug-likeness (QED) is 0.875. The molecule has 2 aromatic rings. The fourth-order valence-corrected chi connectivity index (χ4v) is 2.82. The lowest BCUT2D eigenvalue weighted by atomic mass is 9.98. The Balaban J connectivity index is 2.26. The molecule has 0 spiro atoms. The summed E-state index contributed by atoms with van der Waals surface area (Å²) in [6, 6.07) is 6.53. The molecule has 0 aliphatic carbocycles. The molecule has 0 bridgehead atoms. The van der Waals surface area contributed by atoms with Crippen LogP contribution >= 0.6 is 11.6 Å². The maximum Gasteiger partial charge on any atom is 0.0540 e. The summed E-state index contributed by atoms with van der Waals surface area (Å²) in [5.74, 6) is 0. The van der Waals surface area contributed by atoms with E-state index >= 15 is 0 Å². The first kappa shape index (κ1) is 16.1. The highest BCUT2D eigenvalue weighted by Gasteiger charge is 2.18. The van der Waals surface area contributed by atoms with Crippen LogP contribution in [0.5, 0.6) is 0 Å². The minimum absolute atomic E-state index is 0.249. The number of rotatable bonds is 6. The van der Waals surface area contributed by atoms with Gasteiger partial charge in [-0.15, -0.1) is 0 Å². The van der Waals surface area contributed by atoms with Gasteiger partial charge in [-0.2, -0.15) is 5.10 Å². The van der Waals surface area contributed by atoms with Crippen molar-refractivity contribution in [3.05, 3.63) is 51.8 Å². The highest BCUT2D eigenvalue weighted by atomic mass is 35.5. The lowest BCUT2D eigenvalue weighted by Gasteiger charge is -2.19. The zero-order valence-electron chi connectivity index (χ0n) is 13.3. The van der Waals surface area contributed by atoms with Crippen molar-refractivity contribution in [2.24, 2.45) is 7.05 Å². The second-order valence-electron chi connectivity index (χ2n) is 5.61. The van der Waals surface area contributed by atoms with E-state index in [1.807, 2.05) is 24.0 Å². The molecule has 2 rings (SSSR count). The van der Waals surface area contributed by atoms with Crippen molar-refractivity contribution in [2.45, 2.75) is 39.7 Å². The van der Waals surface area contributed by atoms with Gasteiger partial charge in [-0.05, 0) is 50.4 Å². The Morgan fingerprint density at radius 1 is 1.33 bits per heavy atom. The van der Waals surface area contributed by atoms with Crippen LogP contribution in [-0.4, -0.2) is 16.3 Å². The molecule has 0 amide bonds. The van der Waals surface area contributed by atoms with Crippen LogP contribution in [0.1, 0.15) is 41.8 Å². The molecule has 0 aliphatic rings. The van der Waals surface area contributed by atoms with Crippen LogP contribution in [0.25, 0.3) is 0 Å². The van der Waals surface area contributed by atoms with E-state index in [0.717, 1.165) is 24.4 Å². The van der Waals surface area contributed by atoms with Gasteiger partial charge in [-0.25, -0.2) is 0 Å². The molecule has 21 heavy (non-hydrogen) atoms. The lowest BCUT2D eigenvalue weighted by Crippen LogP contribution is -2.24. The summed E-state index contributed by atoms with van der Waals surface area (Å²) < 4.78 is 1.92. The Morgan fingerprint density at radius 3 is 2.67 bits per heavy atom. The molecule has 0 fully saturated rings. The normalized spacial score (nSPS) is 12.6. The number of aryl methyl sites for hydroxylation is 2. The summed E-state index contributed by atoms with van der Waals surface area (Å²) >= 11 is 6.39. The number of hydrogen-bond acceptors (Lipinski definition) is 2. The minimum Gasteiger partial charge on any atom is -0.310 e. The van der Waals surface area contributed by atoms with E-state index in [4.69, 9.17) is 11.6 Å². The molecule has 0 saturated heterocycles. The van der Waals surface area contributed by atoms with Gasteiger partial charge in [0.15, 0.2) is 0 Å².